The van der Waals surface area contributed by atoms with E-state index in [1.165, 1.54) is 6.07 Å². The van der Waals surface area contributed by atoms with Crippen LogP contribution in [0, 0.1) is 11.7 Å². The molecule has 0 radical (unpaired) electrons. The lowest BCUT2D eigenvalue weighted by Crippen LogP contribution is -2.43. The summed E-state index contributed by atoms with van der Waals surface area (Å²) in [4.78, 5) is 5.89. The van der Waals surface area contributed by atoms with Crippen LogP contribution in [0.15, 0.2) is 29.3 Å². The van der Waals surface area contributed by atoms with Crippen molar-refractivity contribution in [1.29, 1.82) is 0 Å². The van der Waals surface area contributed by atoms with Crippen molar-refractivity contribution in [2.24, 2.45) is 16.8 Å². The average molecular weight is 238 g/mol. The first kappa shape index (κ1) is 13.4. The highest BCUT2D eigenvalue weighted by atomic mass is 19.1. The first-order valence-electron chi connectivity index (χ1n) is 5.55. The zero-order valence-corrected chi connectivity index (χ0v) is 10.4. The fourth-order valence-electron chi connectivity index (χ4n) is 1.36. The third kappa shape index (κ3) is 3.71. The van der Waals surface area contributed by atoms with Gasteiger partial charge in [0.25, 0.3) is 0 Å². The largest absolute Gasteiger partial charge is 0.312 e. The van der Waals surface area contributed by atoms with Gasteiger partial charge in [-0.3, -0.25) is 10.4 Å². The summed E-state index contributed by atoms with van der Waals surface area (Å²) in [6, 6.07) is 6.50. The van der Waals surface area contributed by atoms with E-state index in [2.05, 4.69) is 24.3 Å². The first-order valence-corrected chi connectivity index (χ1v) is 5.55. The fraction of sp³-hybridized carbons (Fsp3) is 0.417. The Morgan fingerprint density at radius 1 is 1.47 bits per heavy atom. The summed E-state index contributed by atoms with van der Waals surface area (Å²) in [5.41, 5.74) is 2.93. The van der Waals surface area contributed by atoms with Crippen LogP contribution in [0.3, 0.4) is 0 Å². The Morgan fingerprint density at radius 3 is 2.65 bits per heavy atom. The summed E-state index contributed by atoms with van der Waals surface area (Å²) >= 11 is 0. The molecule has 0 aliphatic heterocycles. The topological polar surface area (TPSA) is 53.6 Å². The normalized spacial score (nSPS) is 11.8. The van der Waals surface area contributed by atoms with E-state index in [1.54, 1.807) is 30.1 Å². The molecule has 0 heterocycles. The molecule has 0 amide bonds. The van der Waals surface area contributed by atoms with Crippen LogP contribution in [-0.4, -0.2) is 19.6 Å². The van der Waals surface area contributed by atoms with Crippen molar-refractivity contribution in [2.75, 3.05) is 18.5 Å². The van der Waals surface area contributed by atoms with Gasteiger partial charge in [-0.25, -0.2) is 10.2 Å². The molecule has 17 heavy (non-hydrogen) atoms. The number of nitrogens with zero attached hydrogens (tertiary/aromatic N) is 2. The predicted octanol–water partition coefficient (Wildman–Crippen LogP) is 1.74. The fourth-order valence-corrected chi connectivity index (χ4v) is 1.36. The van der Waals surface area contributed by atoms with Crippen LogP contribution in [-0.2, 0) is 0 Å². The van der Waals surface area contributed by atoms with Gasteiger partial charge in [0, 0.05) is 13.6 Å². The van der Waals surface area contributed by atoms with E-state index in [0.717, 1.165) is 0 Å². The number of benzene rings is 1. The van der Waals surface area contributed by atoms with Gasteiger partial charge in [0.2, 0.25) is 5.96 Å². The van der Waals surface area contributed by atoms with E-state index in [4.69, 9.17) is 5.84 Å². The molecule has 0 aromatic heterocycles. The maximum absolute atomic E-state index is 13.6. The van der Waals surface area contributed by atoms with Crippen LogP contribution >= 0.6 is 0 Å². The zero-order chi connectivity index (χ0) is 12.8. The third-order valence-corrected chi connectivity index (χ3v) is 2.27. The summed E-state index contributed by atoms with van der Waals surface area (Å²) in [5.74, 6) is 5.97. The SMILES string of the molecule is CC(C)CN=C(NN)N(C)c1ccccc1F. The van der Waals surface area contributed by atoms with Gasteiger partial charge in [-0.2, -0.15) is 0 Å². The van der Waals surface area contributed by atoms with Crippen molar-refractivity contribution in [1.82, 2.24) is 5.43 Å². The number of nitrogens with two attached hydrogens (primary N) is 1. The van der Waals surface area contributed by atoms with Gasteiger partial charge in [0.1, 0.15) is 5.82 Å². The van der Waals surface area contributed by atoms with Crippen LogP contribution in [0.5, 0.6) is 0 Å². The highest BCUT2D eigenvalue weighted by Gasteiger charge is 2.11. The van der Waals surface area contributed by atoms with E-state index < -0.39 is 0 Å². The minimum Gasteiger partial charge on any atom is -0.312 e. The minimum atomic E-state index is -0.303. The van der Waals surface area contributed by atoms with Crippen molar-refractivity contribution in [2.45, 2.75) is 13.8 Å². The summed E-state index contributed by atoms with van der Waals surface area (Å²) in [5, 5.41) is 0. The van der Waals surface area contributed by atoms with Crippen LogP contribution in [0.25, 0.3) is 0 Å². The van der Waals surface area contributed by atoms with Gasteiger partial charge in [-0.1, -0.05) is 26.0 Å². The molecule has 0 fully saturated rings. The molecule has 1 aromatic rings. The average Bonchev–Trinajstić information content (AvgIpc) is 2.29. The van der Waals surface area contributed by atoms with Crippen molar-refractivity contribution >= 4 is 11.6 Å². The second-order valence-corrected chi connectivity index (χ2v) is 4.21. The number of nitrogens with one attached hydrogen (secondary N) is 1. The van der Waals surface area contributed by atoms with Gasteiger partial charge in [0.15, 0.2) is 0 Å². The number of anilines is 1. The maximum atomic E-state index is 13.6. The highest BCUT2D eigenvalue weighted by Crippen LogP contribution is 2.16. The Balaban J connectivity index is 2.90. The molecule has 0 aliphatic carbocycles. The second kappa shape index (κ2) is 6.20. The Morgan fingerprint density at radius 2 is 2.12 bits per heavy atom. The lowest BCUT2D eigenvalue weighted by Gasteiger charge is -2.21. The number of hydrogen-bond donors (Lipinski definition) is 2. The molecular formula is C12H19FN4. The number of rotatable bonds is 3. The van der Waals surface area contributed by atoms with Crippen molar-refractivity contribution in [3.8, 4) is 0 Å². The molecule has 4 nitrogen and oxygen atoms in total. The predicted molar refractivity (Wildman–Crippen MR) is 69.3 cm³/mol. The summed E-state index contributed by atoms with van der Waals surface area (Å²) in [6.07, 6.45) is 0. The number of halogens is 1. The molecular weight excluding hydrogens is 219 g/mol. The van der Waals surface area contributed by atoms with E-state index in [1.807, 2.05) is 0 Å². The smallest absolute Gasteiger partial charge is 0.212 e. The molecule has 0 atom stereocenters. The highest BCUT2D eigenvalue weighted by molar-refractivity contribution is 5.95. The van der Waals surface area contributed by atoms with Crippen LogP contribution in [0.2, 0.25) is 0 Å². The van der Waals surface area contributed by atoms with Crippen molar-refractivity contribution in [3.63, 3.8) is 0 Å². The summed E-state index contributed by atoms with van der Waals surface area (Å²) in [7, 11) is 1.72. The molecule has 0 aliphatic rings. The number of para-hydroxylation sites is 1. The standard InChI is InChI=1S/C12H19FN4/c1-9(2)8-15-12(16-14)17(3)11-7-5-4-6-10(11)13/h4-7,9H,8,14H2,1-3H3,(H,15,16). The van der Waals surface area contributed by atoms with E-state index in [-0.39, 0.29) is 5.82 Å². The maximum Gasteiger partial charge on any atom is 0.212 e. The molecule has 0 bridgehead atoms. The molecule has 0 spiro atoms. The minimum absolute atomic E-state index is 0.303. The number of aliphatic imine (C=N–C) groups is 1. The molecule has 0 unspecified atom stereocenters. The number of hydrogen-bond acceptors (Lipinski definition) is 2. The van der Waals surface area contributed by atoms with Crippen LogP contribution in [0.4, 0.5) is 10.1 Å². The van der Waals surface area contributed by atoms with Crippen LogP contribution < -0.4 is 16.2 Å². The van der Waals surface area contributed by atoms with Gasteiger partial charge in [-0.15, -0.1) is 0 Å². The summed E-state index contributed by atoms with van der Waals surface area (Å²) < 4.78 is 13.6. The van der Waals surface area contributed by atoms with E-state index in [9.17, 15) is 4.39 Å². The summed E-state index contributed by atoms with van der Waals surface area (Å²) in [6.45, 7) is 4.75. The van der Waals surface area contributed by atoms with Gasteiger partial charge < -0.3 is 4.90 Å². The van der Waals surface area contributed by atoms with Crippen molar-refractivity contribution < 1.29 is 4.39 Å². The lowest BCUT2D eigenvalue weighted by atomic mass is 10.2. The van der Waals surface area contributed by atoms with Crippen LogP contribution in [0.1, 0.15) is 13.8 Å². The molecule has 3 N–H and O–H groups in total. The lowest BCUT2D eigenvalue weighted by molar-refractivity contribution is 0.627. The Kier molecular flexibility index (Phi) is 4.90. The monoisotopic (exact) mass is 238 g/mol. The molecule has 1 aromatic carbocycles. The third-order valence-electron chi connectivity index (χ3n) is 2.27. The van der Waals surface area contributed by atoms with E-state index >= 15 is 0 Å². The molecule has 5 heteroatoms. The zero-order valence-electron chi connectivity index (χ0n) is 10.4. The molecule has 0 saturated heterocycles. The first-order chi connectivity index (χ1) is 8.06. The van der Waals surface area contributed by atoms with Gasteiger partial charge in [-0.05, 0) is 18.1 Å². The van der Waals surface area contributed by atoms with Gasteiger partial charge in [0.05, 0.1) is 5.69 Å². The Hall–Kier alpha value is -1.62. The second-order valence-electron chi connectivity index (χ2n) is 4.21. The van der Waals surface area contributed by atoms with Crippen molar-refractivity contribution in [3.05, 3.63) is 30.1 Å². The molecule has 1 rings (SSSR count). The van der Waals surface area contributed by atoms with E-state index in [0.29, 0.717) is 24.1 Å². The Labute approximate surface area is 101 Å². The Bertz CT molecular complexity index is 390. The number of guanidine groups is 1. The quantitative estimate of drug-likeness (QED) is 0.365. The molecule has 94 valence electrons. The number of hydrazine groups is 1. The molecule has 0 saturated carbocycles. The van der Waals surface area contributed by atoms with Gasteiger partial charge >= 0.3 is 0 Å².